The van der Waals surface area contributed by atoms with E-state index in [1.165, 1.54) is 0 Å². The molecule has 0 amide bonds. The lowest BCUT2D eigenvalue weighted by molar-refractivity contribution is 0.531. The number of nitrogens with zero attached hydrogens (tertiary/aromatic N) is 2. The van der Waals surface area contributed by atoms with Crippen molar-refractivity contribution in [1.29, 1.82) is 5.26 Å². The Kier molecular flexibility index (Phi) is 5.43. The van der Waals surface area contributed by atoms with Crippen LogP contribution in [0.1, 0.15) is 11.3 Å². The number of nitriles is 1. The summed E-state index contributed by atoms with van der Waals surface area (Å²) in [7, 11) is 0. The second-order valence-electron chi connectivity index (χ2n) is 6.20. The number of halogens is 2. The Hall–Kier alpha value is -3.40. The van der Waals surface area contributed by atoms with Gasteiger partial charge < -0.3 is 15.1 Å². The smallest absolute Gasteiger partial charge is 0.168 e. The maximum atomic E-state index is 9.54. The molecule has 144 valence electrons. The molecular formula is C21H15Cl2N5O. The number of hydrogen-bond acceptors (Lipinski definition) is 5. The van der Waals surface area contributed by atoms with Crippen molar-refractivity contribution < 1.29 is 4.42 Å². The Balaban J connectivity index is 1.46. The van der Waals surface area contributed by atoms with Gasteiger partial charge in [-0.05, 0) is 54.6 Å². The Morgan fingerprint density at radius 1 is 1.03 bits per heavy atom. The van der Waals surface area contributed by atoms with Gasteiger partial charge in [-0.3, -0.25) is 5.10 Å². The lowest BCUT2D eigenvalue weighted by atomic mass is 10.2. The molecule has 0 aliphatic carbocycles. The van der Waals surface area contributed by atoms with Crippen molar-refractivity contribution in [3.05, 3.63) is 82.0 Å². The zero-order valence-electron chi connectivity index (χ0n) is 15.0. The van der Waals surface area contributed by atoms with E-state index in [2.05, 4.69) is 26.9 Å². The topological polar surface area (TPSA) is 89.7 Å². The van der Waals surface area contributed by atoms with E-state index in [1.807, 2.05) is 48.5 Å². The van der Waals surface area contributed by atoms with Crippen molar-refractivity contribution in [3.8, 4) is 17.4 Å². The second-order valence-corrected chi connectivity index (χ2v) is 7.07. The number of rotatable bonds is 6. The van der Waals surface area contributed by atoms with Crippen molar-refractivity contribution in [3.63, 3.8) is 0 Å². The van der Waals surface area contributed by atoms with Gasteiger partial charge in [0.15, 0.2) is 5.82 Å². The number of nitrogens with one attached hydrogen (secondary N) is 3. The molecule has 6 nitrogen and oxygen atoms in total. The molecule has 0 atom stereocenters. The minimum Gasteiger partial charge on any atom is -0.459 e. The lowest BCUT2D eigenvalue weighted by Crippen LogP contribution is -2.00. The van der Waals surface area contributed by atoms with E-state index in [4.69, 9.17) is 27.6 Å². The van der Waals surface area contributed by atoms with Gasteiger partial charge in [0, 0.05) is 21.3 Å². The number of benzene rings is 2. The monoisotopic (exact) mass is 423 g/mol. The van der Waals surface area contributed by atoms with Crippen LogP contribution >= 0.6 is 23.2 Å². The van der Waals surface area contributed by atoms with Crippen molar-refractivity contribution in [2.75, 3.05) is 10.6 Å². The highest BCUT2D eigenvalue weighted by atomic mass is 35.5. The standard InChI is InChI=1S/C21H15Cl2N5O/c22-14-6-4-13(5-7-14)19-9-8-17(29-19)12-25-20-18(11-24)21(28-27-20)26-16-3-1-2-15(23)10-16/h1-10H,12H2,(H3,25,26,27,28). The van der Waals surface area contributed by atoms with Crippen LogP contribution in [0.5, 0.6) is 0 Å². The molecule has 29 heavy (non-hydrogen) atoms. The van der Waals surface area contributed by atoms with Crippen LogP contribution in [0, 0.1) is 11.3 Å². The summed E-state index contributed by atoms with van der Waals surface area (Å²) >= 11 is 11.9. The molecule has 4 aromatic rings. The van der Waals surface area contributed by atoms with Crippen molar-refractivity contribution >= 4 is 40.5 Å². The van der Waals surface area contributed by atoms with Crippen LogP contribution in [0.25, 0.3) is 11.3 Å². The van der Waals surface area contributed by atoms with Crippen molar-refractivity contribution in [2.45, 2.75) is 6.54 Å². The SMILES string of the molecule is N#Cc1c(NCc2ccc(-c3ccc(Cl)cc3)o2)n[nH]c1Nc1cccc(Cl)c1. The molecule has 0 spiro atoms. The Morgan fingerprint density at radius 3 is 2.62 bits per heavy atom. The minimum absolute atomic E-state index is 0.370. The average molecular weight is 424 g/mol. The lowest BCUT2D eigenvalue weighted by Gasteiger charge is -2.05. The molecule has 2 aromatic heterocycles. The first kappa shape index (κ1) is 18.9. The highest BCUT2D eigenvalue weighted by Gasteiger charge is 2.14. The quantitative estimate of drug-likeness (QED) is 0.343. The fraction of sp³-hybridized carbons (Fsp3) is 0.0476. The zero-order valence-corrected chi connectivity index (χ0v) is 16.6. The minimum atomic E-state index is 0.370. The third-order valence-corrected chi connectivity index (χ3v) is 4.68. The maximum Gasteiger partial charge on any atom is 0.168 e. The van der Waals surface area contributed by atoms with Gasteiger partial charge in [0.1, 0.15) is 29.0 Å². The van der Waals surface area contributed by atoms with E-state index in [0.29, 0.717) is 39.5 Å². The van der Waals surface area contributed by atoms with Crippen LogP contribution in [0.4, 0.5) is 17.3 Å². The van der Waals surface area contributed by atoms with Gasteiger partial charge in [-0.25, -0.2) is 0 Å². The van der Waals surface area contributed by atoms with Gasteiger partial charge >= 0.3 is 0 Å². The molecule has 8 heteroatoms. The Labute approximate surface area is 177 Å². The largest absolute Gasteiger partial charge is 0.459 e. The number of aromatic nitrogens is 2. The maximum absolute atomic E-state index is 9.54. The first-order valence-electron chi connectivity index (χ1n) is 8.72. The van der Waals surface area contributed by atoms with Gasteiger partial charge in [0.05, 0.1) is 6.54 Å². The molecule has 3 N–H and O–H groups in total. The van der Waals surface area contributed by atoms with E-state index in [9.17, 15) is 5.26 Å². The molecule has 0 aliphatic heterocycles. The summed E-state index contributed by atoms with van der Waals surface area (Å²) in [6.45, 7) is 0.379. The van der Waals surface area contributed by atoms with Crippen LogP contribution < -0.4 is 10.6 Å². The van der Waals surface area contributed by atoms with Crippen LogP contribution in [0.2, 0.25) is 10.0 Å². The van der Waals surface area contributed by atoms with Crippen molar-refractivity contribution in [1.82, 2.24) is 10.2 Å². The number of aromatic amines is 1. The van der Waals surface area contributed by atoms with Gasteiger partial charge in [-0.1, -0.05) is 29.3 Å². The zero-order chi connectivity index (χ0) is 20.2. The van der Waals surface area contributed by atoms with Crippen molar-refractivity contribution in [2.24, 2.45) is 0 Å². The Morgan fingerprint density at radius 2 is 1.86 bits per heavy atom. The molecular weight excluding hydrogens is 409 g/mol. The number of anilines is 3. The summed E-state index contributed by atoms with van der Waals surface area (Å²) in [6.07, 6.45) is 0. The first-order valence-corrected chi connectivity index (χ1v) is 9.47. The van der Waals surface area contributed by atoms with E-state index < -0.39 is 0 Å². The number of hydrogen-bond donors (Lipinski definition) is 3. The molecule has 0 saturated heterocycles. The Bertz CT molecular complexity index is 1170. The predicted octanol–water partition coefficient (Wildman–Crippen LogP) is 6.20. The molecule has 4 rings (SSSR count). The van der Waals surface area contributed by atoms with Gasteiger partial charge in [-0.2, -0.15) is 10.4 Å². The van der Waals surface area contributed by atoms with Crippen LogP contribution in [-0.2, 0) is 6.54 Å². The summed E-state index contributed by atoms with van der Waals surface area (Å²) in [5, 5.41) is 24.1. The number of H-pyrrole nitrogens is 1. The summed E-state index contributed by atoms with van der Waals surface area (Å²) in [6, 6.07) is 20.6. The highest BCUT2D eigenvalue weighted by molar-refractivity contribution is 6.31. The van der Waals surface area contributed by atoms with E-state index in [1.54, 1.807) is 12.1 Å². The predicted molar refractivity (Wildman–Crippen MR) is 115 cm³/mol. The van der Waals surface area contributed by atoms with E-state index in [0.717, 1.165) is 17.0 Å². The molecule has 0 saturated carbocycles. The molecule has 2 aromatic carbocycles. The van der Waals surface area contributed by atoms with Gasteiger partial charge in [0.2, 0.25) is 0 Å². The average Bonchev–Trinajstić information content (AvgIpc) is 3.34. The molecule has 0 bridgehead atoms. The van der Waals surface area contributed by atoms with E-state index in [-0.39, 0.29) is 0 Å². The highest BCUT2D eigenvalue weighted by Crippen LogP contribution is 2.27. The van der Waals surface area contributed by atoms with E-state index >= 15 is 0 Å². The molecule has 2 heterocycles. The third kappa shape index (κ3) is 4.37. The summed E-state index contributed by atoms with van der Waals surface area (Å²) in [5.41, 5.74) is 2.06. The molecule has 0 aliphatic rings. The second kappa shape index (κ2) is 8.31. The van der Waals surface area contributed by atoms with Crippen LogP contribution in [0.3, 0.4) is 0 Å². The first-order chi connectivity index (χ1) is 14.1. The summed E-state index contributed by atoms with van der Waals surface area (Å²) in [4.78, 5) is 0. The van der Waals surface area contributed by atoms with Crippen LogP contribution in [-0.4, -0.2) is 10.2 Å². The molecule has 0 unspecified atom stereocenters. The number of furan rings is 1. The molecule has 0 radical (unpaired) electrons. The fourth-order valence-corrected chi connectivity index (χ4v) is 3.11. The molecule has 0 fully saturated rings. The van der Waals surface area contributed by atoms with Gasteiger partial charge in [-0.15, -0.1) is 0 Å². The third-order valence-electron chi connectivity index (χ3n) is 4.19. The normalized spacial score (nSPS) is 10.5. The van der Waals surface area contributed by atoms with Gasteiger partial charge in [0.25, 0.3) is 0 Å². The summed E-state index contributed by atoms with van der Waals surface area (Å²) < 4.78 is 5.86. The fourth-order valence-electron chi connectivity index (χ4n) is 2.79. The van der Waals surface area contributed by atoms with Crippen LogP contribution in [0.15, 0.2) is 65.1 Å². The summed E-state index contributed by atoms with van der Waals surface area (Å²) in [5.74, 6) is 2.37.